The van der Waals surface area contributed by atoms with Crippen LogP contribution < -0.4 is 19.7 Å². The Bertz CT molecular complexity index is 1420. The molecule has 2 aromatic carbocycles. The molecule has 0 saturated carbocycles. The number of para-hydroxylation sites is 1. The molecule has 0 spiro atoms. The molecule has 6 nitrogen and oxygen atoms in total. The molecule has 0 radical (unpaired) electrons. The number of hydrogen-bond donors (Lipinski definition) is 1. The average Bonchev–Trinajstić information content (AvgIpc) is 3.39. The van der Waals surface area contributed by atoms with Gasteiger partial charge in [-0.3, -0.25) is 4.98 Å². The van der Waals surface area contributed by atoms with E-state index in [4.69, 9.17) is 26.7 Å². The lowest BCUT2D eigenvalue weighted by Gasteiger charge is -2.29. The first-order valence-corrected chi connectivity index (χ1v) is 12.3. The topological polar surface area (TPSA) is 51.6 Å². The van der Waals surface area contributed by atoms with E-state index in [2.05, 4.69) is 65.9 Å². The molecule has 1 fully saturated rings. The van der Waals surface area contributed by atoms with E-state index in [-0.39, 0.29) is 12.1 Å². The molecule has 2 aromatic heterocycles. The van der Waals surface area contributed by atoms with Crippen LogP contribution in [0.2, 0.25) is 0 Å². The van der Waals surface area contributed by atoms with E-state index in [1.807, 2.05) is 42.6 Å². The lowest BCUT2D eigenvalue weighted by molar-refractivity contribution is 0.403. The van der Waals surface area contributed by atoms with E-state index in [9.17, 15) is 0 Å². The molecule has 7 heteroatoms. The molecular weight excluding hydrogens is 468 g/mol. The number of aryl methyl sites for hydroxylation is 2. The highest BCUT2D eigenvalue weighted by molar-refractivity contribution is 7.80. The van der Waals surface area contributed by atoms with Gasteiger partial charge < -0.3 is 24.3 Å². The van der Waals surface area contributed by atoms with Crippen molar-refractivity contribution in [3.63, 3.8) is 0 Å². The Morgan fingerprint density at radius 2 is 1.67 bits per heavy atom. The summed E-state index contributed by atoms with van der Waals surface area (Å²) in [6, 6.07) is 22.2. The molecule has 1 aliphatic rings. The summed E-state index contributed by atoms with van der Waals surface area (Å²) in [7, 11) is 3.34. The second-order valence-corrected chi connectivity index (χ2v) is 9.37. The van der Waals surface area contributed by atoms with Crippen molar-refractivity contribution in [2.24, 2.45) is 0 Å². The first-order chi connectivity index (χ1) is 17.4. The van der Waals surface area contributed by atoms with Gasteiger partial charge in [-0.2, -0.15) is 0 Å². The summed E-state index contributed by atoms with van der Waals surface area (Å²) in [6.45, 7) is 6.47. The van der Waals surface area contributed by atoms with Gasteiger partial charge in [0.1, 0.15) is 11.5 Å². The van der Waals surface area contributed by atoms with Crippen molar-refractivity contribution < 1.29 is 9.47 Å². The van der Waals surface area contributed by atoms with Crippen molar-refractivity contribution >= 4 is 23.0 Å². The lowest BCUT2D eigenvalue weighted by atomic mass is 9.96. The number of benzene rings is 2. The molecule has 0 aliphatic carbocycles. The van der Waals surface area contributed by atoms with E-state index in [1.54, 1.807) is 14.2 Å². The quantitative estimate of drug-likeness (QED) is 0.330. The number of hydrogen-bond acceptors (Lipinski definition) is 4. The fourth-order valence-corrected chi connectivity index (χ4v) is 5.53. The molecule has 2 atom stereocenters. The normalized spacial score (nSPS) is 17.2. The summed E-state index contributed by atoms with van der Waals surface area (Å²) in [6.07, 6.45) is 1.82. The molecule has 0 unspecified atom stereocenters. The maximum atomic E-state index is 5.94. The second kappa shape index (κ2) is 9.66. The summed E-state index contributed by atoms with van der Waals surface area (Å²) < 4.78 is 13.6. The van der Waals surface area contributed by atoms with Crippen LogP contribution in [0, 0.1) is 20.8 Å². The fraction of sp³-hybridized carbons (Fsp3) is 0.241. The van der Waals surface area contributed by atoms with Gasteiger partial charge in [-0.05, 0) is 80.5 Å². The van der Waals surface area contributed by atoms with Crippen LogP contribution in [0.1, 0.15) is 40.3 Å². The molecular formula is C29H30N4O2S. The Kier molecular flexibility index (Phi) is 6.41. The van der Waals surface area contributed by atoms with Gasteiger partial charge in [0.15, 0.2) is 5.11 Å². The van der Waals surface area contributed by atoms with Crippen LogP contribution in [0.15, 0.2) is 72.9 Å². The van der Waals surface area contributed by atoms with Gasteiger partial charge in [0, 0.05) is 29.3 Å². The van der Waals surface area contributed by atoms with Gasteiger partial charge in [0.05, 0.1) is 37.7 Å². The number of thiocarbonyl (C=S) groups is 1. The predicted octanol–water partition coefficient (Wildman–Crippen LogP) is 5.99. The minimum Gasteiger partial charge on any atom is -0.497 e. The van der Waals surface area contributed by atoms with Crippen molar-refractivity contribution in [3.8, 4) is 17.2 Å². The van der Waals surface area contributed by atoms with Crippen LogP contribution in [0.4, 0.5) is 5.69 Å². The Hall–Kier alpha value is -3.84. The zero-order valence-electron chi connectivity index (χ0n) is 21.1. The van der Waals surface area contributed by atoms with Crippen LogP contribution in [0.5, 0.6) is 11.5 Å². The second-order valence-electron chi connectivity index (χ2n) is 8.98. The third kappa shape index (κ3) is 3.99. The molecule has 4 aromatic rings. The number of nitrogens with zero attached hydrogens (tertiary/aromatic N) is 3. The molecule has 36 heavy (non-hydrogen) atoms. The van der Waals surface area contributed by atoms with Crippen molar-refractivity contribution in [2.45, 2.75) is 32.9 Å². The van der Waals surface area contributed by atoms with Crippen LogP contribution >= 0.6 is 12.2 Å². The Morgan fingerprint density at radius 3 is 2.36 bits per heavy atom. The molecule has 0 bridgehead atoms. The van der Waals surface area contributed by atoms with Gasteiger partial charge in [-0.1, -0.05) is 24.3 Å². The van der Waals surface area contributed by atoms with Gasteiger partial charge in [0.25, 0.3) is 0 Å². The average molecular weight is 499 g/mol. The largest absolute Gasteiger partial charge is 0.497 e. The fourth-order valence-electron chi connectivity index (χ4n) is 5.19. The van der Waals surface area contributed by atoms with Crippen molar-refractivity contribution in [2.75, 3.05) is 19.1 Å². The van der Waals surface area contributed by atoms with Gasteiger partial charge in [0.2, 0.25) is 0 Å². The molecule has 1 N–H and O–H groups in total. The van der Waals surface area contributed by atoms with Gasteiger partial charge in [-0.15, -0.1) is 0 Å². The predicted molar refractivity (Wildman–Crippen MR) is 147 cm³/mol. The summed E-state index contributed by atoms with van der Waals surface area (Å²) in [5.74, 6) is 1.46. The maximum Gasteiger partial charge on any atom is 0.174 e. The summed E-state index contributed by atoms with van der Waals surface area (Å²) in [5, 5.41) is 4.17. The Balaban J connectivity index is 1.73. The van der Waals surface area contributed by atoms with Crippen LogP contribution in [-0.4, -0.2) is 28.9 Å². The zero-order valence-corrected chi connectivity index (χ0v) is 22.0. The monoisotopic (exact) mass is 498 g/mol. The number of aromatic nitrogens is 2. The van der Waals surface area contributed by atoms with E-state index >= 15 is 0 Å². The van der Waals surface area contributed by atoms with Crippen molar-refractivity contribution in [1.82, 2.24) is 14.9 Å². The first-order valence-electron chi connectivity index (χ1n) is 11.9. The highest BCUT2D eigenvalue weighted by atomic mass is 32.1. The summed E-state index contributed by atoms with van der Waals surface area (Å²) in [4.78, 5) is 6.83. The van der Waals surface area contributed by atoms with Gasteiger partial charge >= 0.3 is 0 Å². The van der Waals surface area contributed by atoms with E-state index in [1.165, 1.54) is 16.8 Å². The first kappa shape index (κ1) is 23.9. The Morgan fingerprint density at radius 1 is 0.889 bits per heavy atom. The van der Waals surface area contributed by atoms with E-state index in [0.29, 0.717) is 5.11 Å². The van der Waals surface area contributed by atoms with Crippen molar-refractivity contribution in [3.05, 3.63) is 101 Å². The minimum atomic E-state index is -0.155. The number of rotatable bonds is 6. The van der Waals surface area contributed by atoms with Crippen LogP contribution in [0.25, 0.3) is 5.69 Å². The third-order valence-corrected chi connectivity index (χ3v) is 7.20. The minimum absolute atomic E-state index is 0.152. The van der Waals surface area contributed by atoms with E-state index in [0.717, 1.165) is 34.3 Å². The summed E-state index contributed by atoms with van der Waals surface area (Å²) in [5.41, 5.74) is 7.65. The highest BCUT2D eigenvalue weighted by Gasteiger charge is 2.43. The number of ether oxygens (including phenoxy) is 2. The zero-order chi connectivity index (χ0) is 25.4. The molecule has 1 saturated heterocycles. The van der Waals surface area contributed by atoms with Crippen LogP contribution in [-0.2, 0) is 0 Å². The van der Waals surface area contributed by atoms with E-state index < -0.39 is 0 Å². The number of anilines is 1. The number of methoxy groups -OCH3 is 2. The molecule has 0 amide bonds. The highest BCUT2D eigenvalue weighted by Crippen LogP contribution is 2.47. The third-order valence-electron chi connectivity index (χ3n) is 6.89. The molecule has 184 valence electrons. The number of nitrogens with one attached hydrogen (secondary N) is 1. The maximum absolute atomic E-state index is 5.94. The summed E-state index contributed by atoms with van der Waals surface area (Å²) >= 11 is 5.94. The molecule has 1 aliphatic heterocycles. The number of pyridine rings is 1. The van der Waals surface area contributed by atoms with Crippen LogP contribution in [0.3, 0.4) is 0 Å². The SMILES string of the molecule is COc1ccc(OC)c(N2C(=S)N[C@@H](c3ccccn3)[C@@H]2c2cc(C)n(-c3ccccc3C)c2C)c1. The Labute approximate surface area is 217 Å². The lowest BCUT2D eigenvalue weighted by Crippen LogP contribution is -2.30. The molecule has 5 rings (SSSR count). The van der Waals surface area contributed by atoms with Crippen molar-refractivity contribution in [1.29, 1.82) is 0 Å². The van der Waals surface area contributed by atoms with Gasteiger partial charge in [-0.25, -0.2) is 0 Å². The molecule has 3 heterocycles. The standard InChI is InChI=1S/C29H30N4O2S/c1-18-10-6-7-12-24(18)32-19(2)16-22(20(32)3)28-27(23-11-8-9-15-30-23)31-29(36)33(28)25-17-21(34-4)13-14-26(25)35-5/h6-17,27-28H,1-5H3,(H,31,36)/t27-,28-/m0/s1. The smallest absolute Gasteiger partial charge is 0.174 e.